The first-order chi connectivity index (χ1) is 12.1. The zero-order valence-corrected chi connectivity index (χ0v) is 15.0. The Morgan fingerprint density at radius 2 is 1.88 bits per heavy atom. The number of ether oxygens (including phenoxy) is 2. The van der Waals surface area contributed by atoms with Crippen molar-refractivity contribution in [2.45, 2.75) is 6.92 Å². The number of aromatic nitrogens is 1. The molecule has 6 heteroatoms. The third-order valence-electron chi connectivity index (χ3n) is 3.69. The molecule has 0 saturated carbocycles. The van der Waals surface area contributed by atoms with E-state index >= 15 is 0 Å². The summed E-state index contributed by atoms with van der Waals surface area (Å²) in [6.07, 6.45) is 0. The van der Waals surface area contributed by atoms with Crippen molar-refractivity contribution in [1.82, 2.24) is 4.98 Å². The van der Waals surface area contributed by atoms with Crippen LogP contribution in [0.4, 0.5) is 5.82 Å². The van der Waals surface area contributed by atoms with Gasteiger partial charge in [0.05, 0.1) is 14.2 Å². The van der Waals surface area contributed by atoms with E-state index in [2.05, 4.69) is 10.3 Å². The van der Waals surface area contributed by atoms with E-state index in [9.17, 15) is 4.79 Å². The summed E-state index contributed by atoms with van der Waals surface area (Å²) in [6, 6.07) is 13.3. The largest absolute Gasteiger partial charge is 0.493 e. The van der Waals surface area contributed by atoms with Crippen molar-refractivity contribution in [2.24, 2.45) is 0 Å². The Bertz CT molecular complexity index is 891. The standard InChI is InChI=1S/C19H18N2O3S/c1-12-9-14(10-15(23-2)17(12)24-3)18(22)20-16-11-25-19(21-16)13-7-5-4-6-8-13/h4-11H,1-3H3,(H,20,22). The smallest absolute Gasteiger partial charge is 0.256 e. The van der Waals surface area contributed by atoms with Crippen molar-refractivity contribution in [3.05, 3.63) is 59.0 Å². The molecule has 0 radical (unpaired) electrons. The molecule has 1 amide bonds. The van der Waals surface area contributed by atoms with Crippen molar-refractivity contribution in [3.8, 4) is 22.1 Å². The monoisotopic (exact) mass is 354 g/mol. The van der Waals surface area contributed by atoms with Crippen LogP contribution in [0.3, 0.4) is 0 Å². The Hall–Kier alpha value is -2.86. The first-order valence-corrected chi connectivity index (χ1v) is 8.55. The van der Waals surface area contributed by atoms with Gasteiger partial charge in [-0.1, -0.05) is 30.3 Å². The number of rotatable bonds is 5. The van der Waals surface area contributed by atoms with Crippen LogP contribution in [0.5, 0.6) is 11.5 Å². The van der Waals surface area contributed by atoms with E-state index in [1.165, 1.54) is 11.3 Å². The number of thiazole rings is 1. The number of anilines is 1. The van der Waals surface area contributed by atoms with Crippen LogP contribution in [0.2, 0.25) is 0 Å². The van der Waals surface area contributed by atoms with Crippen molar-refractivity contribution >= 4 is 23.1 Å². The Morgan fingerprint density at radius 1 is 1.12 bits per heavy atom. The van der Waals surface area contributed by atoms with Gasteiger partial charge < -0.3 is 14.8 Å². The summed E-state index contributed by atoms with van der Waals surface area (Å²) in [4.78, 5) is 17.0. The van der Waals surface area contributed by atoms with Gasteiger partial charge in [0, 0.05) is 16.5 Å². The zero-order chi connectivity index (χ0) is 17.8. The number of carbonyl (C=O) groups excluding carboxylic acids is 1. The lowest BCUT2D eigenvalue weighted by atomic mass is 10.1. The maximum Gasteiger partial charge on any atom is 0.256 e. The molecule has 1 N–H and O–H groups in total. The molecule has 0 aliphatic carbocycles. The lowest BCUT2D eigenvalue weighted by Gasteiger charge is -2.12. The van der Waals surface area contributed by atoms with Gasteiger partial charge in [0.2, 0.25) is 0 Å². The highest BCUT2D eigenvalue weighted by Crippen LogP contribution is 2.32. The fraction of sp³-hybridized carbons (Fsp3) is 0.158. The molecule has 0 spiro atoms. The maximum absolute atomic E-state index is 12.5. The molecular formula is C19H18N2O3S. The summed E-state index contributed by atoms with van der Waals surface area (Å²) in [5.74, 6) is 1.44. The topological polar surface area (TPSA) is 60.5 Å². The van der Waals surface area contributed by atoms with Crippen LogP contribution >= 0.6 is 11.3 Å². The molecule has 128 valence electrons. The summed E-state index contributed by atoms with van der Waals surface area (Å²) in [6.45, 7) is 1.87. The quantitative estimate of drug-likeness (QED) is 0.738. The zero-order valence-electron chi connectivity index (χ0n) is 14.2. The number of hydrogen-bond donors (Lipinski definition) is 1. The van der Waals surface area contributed by atoms with E-state index in [-0.39, 0.29) is 5.91 Å². The van der Waals surface area contributed by atoms with Gasteiger partial charge in [-0.3, -0.25) is 4.79 Å². The summed E-state index contributed by atoms with van der Waals surface area (Å²) in [5, 5.41) is 5.52. The highest BCUT2D eigenvalue weighted by molar-refractivity contribution is 7.13. The van der Waals surface area contributed by atoms with Crippen molar-refractivity contribution in [3.63, 3.8) is 0 Å². The first-order valence-electron chi connectivity index (χ1n) is 7.67. The number of carbonyl (C=O) groups is 1. The molecule has 1 aromatic heterocycles. The molecule has 5 nitrogen and oxygen atoms in total. The average molecular weight is 354 g/mol. The van der Waals surface area contributed by atoms with Crippen LogP contribution in [0, 0.1) is 6.92 Å². The van der Waals surface area contributed by atoms with Gasteiger partial charge in [-0.2, -0.15) is 0 Å². The molecule has 0 bridgehead atoms. The third-order valence-corrected chi connectivity index (χ3v) is 4.58. The minimum atomic E-state index is -0.242. The number of nitrogens with one attached hydrogen (secondary N) is 1. The molecule has 3 rings (SSSR count). The van der Waals surface area contributed by atoms with Crippen molar-refractivity contribution in [2.75, 3.05) is 19.5 Å². The van der Waals surface area contributed by atoms with E-state index in [4.69, 9.17) is 9.47 Å². The van der Waals surface area contributed by atoms with Gasteiger partial charge in [0.1, 0.15) is 10.8 Å². The van der Waals surface area contributed by atoms with Crippen LogP contribution < -0.4 is 14.8 Å². The molecule has 0 saturated heterocycles. The van der Waals surface area contributed by atoms with Crippen molar-refractivity contribution in [1.29, 1.82) is 0 Å². The second-order valence-corrected chi connectivity index (χ2v) is 6.24. The molecule has 0 aliphatic heterocycles. The predicted molar refractivity (Wildman–Crippen MR) is 99.8 cm³/mol. The van der Waals surface area contributed by atoms with Gasteiger partial charge in [-0.05, 0) is 24.6 Å². The van der Waals surface area contributed by atoms with Crippen LogP contribution in [-0.4, -0.2) is 25.1 Å². The molecule has 0 fully saturated rings. The Balaban J connectivity index is 1.81. The number of benzene rings is 2. The number of aryl methyl sites for hydroxylation is 1. The third kappa shape index (κ3) is 3.64. The van der Waals surface area contributed by atoms with E-state index in [0.29, 0.717) is 22.9 Å². The van der Waals surface area contributed by atoms with Crippen LogP contribution in [0.1, 0.15) is 15.9 Å². The van der Waals surface area contributed by atoms with Crippen LogP contribution in [-0.2, 0) is 0 Å². The highest BCUT2D eigenvalue weighted by atomic mass is 32.1. The van der Waals surface area contributed by atoms with Gasteiger partial charge in [-0.15, -0.1) is 11.3 Å². The fourth-order valence-corrected chi connectivity index (χ4v) is 3.28. The lowest BCUT2D eigenvalue weighted by Crippen LogP contribution is -2.13. The molecular weight excluding hydrogens is 336 g/mol. The van der Waals surface area contributed by atoms with Gasteiger partial charge >= 0.3 is 0 Å². The minimum Gasteiger partial charge on any atom is -0.493 e. The molecule has 25 heavy (non-hydrogen) atoms. The molecule has 0 atom stereocenters. The summed E-state index contributed by atoms with van der Waals surface area (Å²) < 4.78 is 10.6. The lowest BCUT2D eigenvalue weighted by molar-refractivity contribution is 0.102. The van der Waals surface area contributed by atoms with E-state index < -0.39 is 0 Å². The van der Waals surface area contributed by atoms with Crippen LogP contribution in [0.15, 0.2) is 47.8 Å². The maximum atomic E-state index is 12.5. The van der Waals surface area contributed by atoms with Crippen molar-refractivity contribution < 1.29 is 14.3 Å². The Morgan fingerprint density at radius 3 is 2.56 bits per heavy atom. The minimum absolute atomic E-state index is 0.242. The number of nitrogens with zero attached hydrogens (tertiary/aromatic N) is 1. The number of hydrogen-bond acceptors (Lipinski definition) is 5. The summed E-state index contributed by atoms with van der Waals surface area (Å²) >= 11 is 1.49. The predicted octanol–water partition coefficient (Wildman–Crippen LogP) is 4.39. The first kappa shape index (κ1) is 17.0. The highest BCUT2D eigenvalue weighted by Gasteiger charge is 2.15. The Kier molecular flexibility index (Phi) is 5.00. The van der Waals surface area contributed by atoms with E-state index in [1.54, 1.807) is 26.4 Å². The average Bonchev–Trinajstić information content (AvgIpc) is 3.10. The fourth-order valence-electron chi connectivity index (χ4n) is 2.52. The summed E-state index contributed by atoms with van der Waals surface area (Å²) in [7, 11) is 3.12. The van der Waals surface area contributed by atoms with Gasteiger partial charge in [0.15, 0.2) is 11.5 Å². The van der Waals surface area contributed by atoms with Crippen LogP contribution in [0.25, 0.3) is 10.6 Å². The second-order valence-electron chi connectivity index (χ2n) is 5.39. The van der Waals surface area contributed by atoms with E-state index in [1.807, 2.05) is 42.6 Å². The second kappa shape index (κ2) is 7.36. The Labute approximate surface area is 150 Å². The summed E-state index contributed by atoms with van der Waals surface area (Å²) in [5.41, 5.74) is 2.34. The molecule has 0 unspecified atom stereocenters. The molecule has 1 heterocycles. The van der Waals surface area contributed by atoms with E-state index in [0.717, 1.165) is 16.1 Å². The normalized spacial score (nSPS) is 10.4. The number of amides is 1. The molecule has 2 aromatic carbocycles. The van der Waals surface area contributed by atoms with Gasteiger partial charge in [-0.25, -0.2) is 4.98 Å². The van der Waals surface area contributed by atoms with Gasteiger partial charge in [0.25, 0.3) is 5.91 Å². The molecule has 3 aromatic rings. The SMILES string of the molecule is COc1cc(C(=O)Nc2csc(-c3ccccc3)n2)cc(C)c1OC. The molecule has 0 aliphatic rings. The number of methoxy groups -OCH3 is 2.